The van der Waals surface area contributed by atoms with Gasteiger partial charge in [-0.25, -0.2) is 9.59 Å². The van der Waals surface area contributed by atoms with Gasteiger partial charge in [0.1, 0.15) is 23.9 Å². The number of carbonyl (C=O) groups excluding carboxylic acids is 6. The van der Waals surface area contributed by atoms with E-state index in [-0.39, 0.29) is 41.7 Å². The summed E-state index contributed by atoms with van der Waals surface area (Å²) < 4.78 is 30.9. The molecule has 15 heteroatoms. The number of unbranched alkanes of at least 4 members (excludes halogenated alkanes) is 1. The second kappa shape index (κ2) is 18.3. The fraction of sp³-hybridized carbons (Fsp3) is 0.480. The first-order valence-electron chi connectivity index (χ1n) is 22.0. The average Bonchev–Trinajstić information content (AvgIpc) is 3.28. The Labute approximate surface area is 377 Å². The van der Waals surface area contributed by atoms with Crippen LogP contribution >= 0.6 is 0 Å². The van der Waals surface area contributed by atoms with Crippen molar-refractivity contribution >= 4 is 35.6 Å². The van der Waals surface area contributed by atoms with E-state index < -0.39 is 113 Å². The number of ketones is 1. The molecule has 2 bridgehead atoms. The Hall–Kier alpha value is -5.74. The van der Waals surface area contributed by atoms with Gasteiger partial charge in [-0.2, -0.15) is 0 Å². The fourth-order valence-corrected chi connectivity index (χ4v) is 10.5. The van der Waals surface area contributed by atoms with Crippen molar-refractivity contribution in [3.05, 3.63) is 119 Å². The molecule has 1 aliphatic heterocycles. The zero-order chi connectivity index (χ0) is 47.1. The lowest BCUT2D eigenvalue weighted by atomic mass is 9.44. The molecule has 3 fully saturated rings. The third kappa shape index (κ3) is 8.28. The number of aliphatic hydroxyl groups is 3. The maximum absolute atomic E-state index is 15.7. The summed E-state index contributed by atoms with van der Waals surface area (Å²) in [5, 5.41) is 40.6. The van der Waals surface area contributed by atoms with E-state index in [1.807, 2.05) is 6.92 Å². The molecule has 3 aromatic carbocycles. The van der Waals surface area contributed by atoms with Gasteiger partial charge in [0.25, 0.3) is 5.91 Å². The van der Waals surface area contributed by atoms with Crippen molar-refractivity contribution in [2.45, 2.75) is 128 Å². The van der Waals surface area contributed by atoms with Crippen molar-refractivity contribution in [3.8, 4) is 0 Å². The predicted octanol–water partition coefficient (Wildman–Crippen LogP) is 4.91. The van der Waals surface area contributed by atoms with E-state index in [9.17, 15) is 39.3 Å². The highest BCUT2D eigenvalue weighted by atomic mass is 16.6. The molecule has 1 amide bonds. The first-order valence-corrected chi connectivity index (χ1v) is 22.0. The van der Waals surface area contributed by atoms with Gasteiger partial charge in [-0.15, -0.1) is 0 Å². The van der Waals surface area contributed by atoms with Crippen molar-refractivity contribution in [2.75, 3.05) is 6.61 Å². The minimum absolute atomic E-state index is 0.00402. The Morgan fingerprint density at radius 1 is 0.877 bits per heavy atom. The molecule has 4 aliphatic rings. The number of Topliss-reactive ketones (excluding diaryl/α,β-unsaturated/α-hetero) is 1. The van der Waals surface area contributed by atoms with Crippen molar-refractivity contribution < 1.29 is 67.8 Å². The van der Waals surface area contributed by atoms with Crippen LogP contribution in [0.3, 0.4) is 0 Å². The van der Waals surface area contributed by atoms with Gasteiger partial charge in [0, 0.05) is 37.2 Å². The summed E-state index contributed by atoms with van der Waals surface area (Å²) >= 11 is 0. The molecular weight excluding hydrogens is 839 g/mol. The van der Waals surface area contributed by atoms with E-state index in [1.54, 1.807) is 92.7 Å². The highest BCUT2D eigenvalue weighted by Crippen LogP contribution is 2.64. The van der Waals surface area contributed by atoms with Crippen LogP contribution in [0.1, 0.15) is 106 Å². The second-order valence-electron chi connectivity index (χ2n) is 18.3. The molecule has 65 heavy (non-hydrogen) atoms. The summed E-state index contributed by atoms with van der Waals surface area (Å²) in [6.45, 7) is 8.81. The Balaban J connectivity index is 1.39. The number of hydrogen-bond donors (Lipinski definition) is 4. The molecule has 4 N–H and O–H groups in total. The van der Waals surface area contributed by atoms with Crippen LogP contribution in [-0.4, -0.2) is 105 Å². The Bertz CT molecular complexity index is 2330. The van der Waals surface area contributed by atoms with Gasteiger partial charge < -0.3 is 44.3 Å². The maximum Gasteiger partial charge on any atom is 0.338 e. The normalized spacial score (nSPS) is 30.9. The topological polar surface area (TPSA) is 221 Å². The summed E-state index contributed by atoms with van der Waals surface area (Å²) in [5.74, 6) is -6.67. The van der Waals surface area contributed by atoms with Crippen LogP contribution < -0.4 is 5.32 Å². The van der Waals surface area contributed by atoms with Crippen LogP contribution in [0.4, 0.5) is 0 Å². The second-order valence-corrected chi connectivity index (χ2v) is 18.3. The van der Waals surface area contributed by atoms with Gasteiger partial charge >= 0.3 is 23.9 Å². The summed E-state index contributed by atoms with van der Waals surface area (Å²) in [7, 11) is 0. The molecule has 15 nitrogen and oxygen atoms in total. The number of ether oxygens (including phenoxy) is 5. The van der Waals surface area contributed by atoms with Crippen LogP contribution in [0.2, 0.25) is 0 Å². The molecule has 11 atom stereocenters. The van der Waals surface area contributed by atoms with Crippen LogP contribution in [0.15, 0.2) is 102 Å². The van der Waals surface area contributed by atoms with E-state index in [2.05, 4.69) is 5.32 Å². The monoisotopic (exact) mass is 895 g/mol. The molecule has 1 heterocycles. The number of carbonyl (C=O) groups is 6. The quantitative estimate of drug-likeness (QED) is 0.102. The smallest absolute Gasteiger partial charge is 0.338 e. The third-order valence-electron chi connectivity index (χ3n) is 14.2. The lowest BCUT2D eigenvalue weighted by Gasteiger charge is -2.67. The van der Waals surface area contributed by atoms with Crippen LogP contribution in [0, 0.1) is 16.7 Å². The lowest BCUT2D eigenvalue weighted by molar-refractivity contribution is -0.346. The molecule has 0 radical (unpaired) electrons. The molecule has 0 spiro atoms. The molecule has 0 unspecified atom stereocenters. The van der Waals surface area contributed by atoms with Crippen LogP contribution in [0.25, 0.3) is 0 Å². The molecule has 2 saturated carbocycles. The fourth-order valence-electron chi connectivity index (χ4n) is 10.5. The summed E-state index contributed by atoms with van der Waals surface area (Å²) in [4.78, 5) is 84.8. The largest absolute Gasteiger partial charge is 0.456 e. The maximum atomic E-state index is 15.7. The number of rotatable bonds is 13. The number of fused-ring (bicyclic) bond motifs is 5. The van der Waals surface area contributed by atoms with Crippen molar-refractivity contribution in [1.29, 1.82) is 0 Å². The average molecular weight is 896 g/mol. The van der Waals surface area contributed by atoms with Gasteiger partial charge in [-0.1, -0.05) is 93.9 Å². The molecule has 7 rings (SSSR count). The zero-order valence-electron chi connectivity index (χ0n) is 37.4. The van der Waals surface area contributed by atoms with E-state index in [1.165, 1.54) is 26.0 Å². The lowest BCUT2D eigenvalue weighted by Crippen LogP contribution is -2.82. The first kappa shape index (κ1) is 47.2. The standard InChI is InChI=1S/C50H57NO14/c1-7-8-24-36(54)65-49-27-61-35(49)25-34(53)48(6)41(49)43(64-45(58)32-22-16-11-17-23-32)50(60)26-33(28(2)37(47(50,4)5)40(42(48)56)62-29(3)52)63-46(59)39(55)38(30-18-12-9-13-19-30)51-44(57)31-20-14-10-15-21-31/h9-23,33-35,38-41,43,53,55,60H,7-8,24-27H2,1-6H3,(H,51,57)/t33-,34-,35+,38-,39+,40+,41-,43-,48+,49-,50+/m0/s1. The van der Waals surface area contributed by atoms with Gasteiger partial charge in [0.05, 0.1) is 35.6 Å². The molecule has 3 aromatic rings. The number of amides is 1. The minimum Gasteiger partial charge on any atom is -0.456 e. The van der Waals surface area contributed by atoms with Gasteiger partial charge in [-0.3, -0.25) is 19.2 Å². The molecule has 0 aromatic heterocycles. The van der Waals surface area contributed by atoms with E-state index >= 15 is 4.79 Å². The van der Waals surface area contributed by atoms with Gasteiger partial charge in [0.2, 0.25) is 0 Å². The summed E-state index contributed by atoms with van der Waals surface area (Å²) in [5.41, 5.74) is -7.01. The Morgan fingerprint density at radius 3 is 2.05 bits per heavy atom. The number of aliphatic hydroxyl groups excluding tert-OH is 2. The van der Waals surface area contributed by atoms with Crippen molar-refractivity contribution in [2.24, 2.45) is 16.7 Å². The third-order valence-corrected chi connectivity index (χ3v) is 14.2. The highest BCUT2D eigenvalue weighted by molar-refractivity contribution is 5.96. The van der Waals surface area contributed by atoms with Gasteiger partial charge in [-0.05, 0) is 61.2 Å². The summed E-state index contributed by atoms with van der Waals surface area (Å²) in [6, 6.07) is 23.0. The van der Waals surface area contributed by atoms with Gasteiger partial charge in [0.15, 0.2) is 23.6 Å². The molecular formula is C50H57NO14. The highest BCUT2D eigenvalue weighted by Gasteiger charge is 2.78. The number of hydrogen-bond acceptors (Lipinski definition) is 14. The van der Waals surface area contributed by atoms with Crippen LogP contribution in [0.5, 0.6) is 0 Å². The van der Waals surface area contributed by atoms with E-state index in [0.29, 0.717) is 18.4 Å². The predicted molar refractivity (Wildman–Crippen MR) is 232 cm³/mol. The van der Waals surface area contributed by atoms with E-state index in [4.69, 9.17) is 23.7 Å². The summed E-state index contributed by atoms with van der Waals surface area (Å²) in [6.07, 6.45) is -9.39. The first-order chi connectivity index (χ1) is 30.8. The SMILES string of the molecule is CCCCC(=O)O[C@@]12CO[C@@H]1C[C@H](O)[C@@]1(C)C(=O)[C@H](OC(C)=O)C3=C(C)[C@@H](OC(=O)[C@H](O)[C@@H](NC(=O)c4ccccc4)c4ccccc4)C[C@@](O)([C@@H](OC(=O)c4ccccc4)[C@H]21)C3(C)C. The number of esters is 4. The molecule has 346 valence electrons. The molecule has 3 aliphatic carbocycles. The number of benzene rings is 3. The van der Waals surface area contributed by atoms with Crippen LogP contribution in [-0.2, 0) is 42.9 Å². The van der Waals surface area contributed by atoms with E-state index in [0.717, 1.165) is 6.92 Å². The van der Waals surface area contributed by atoms with Crippen molar-refractivity contribution in [1.82, 2.24) is 5.32 Å². The molecule has 1 saturated heterocycles. The number of nitrogens with one attached hydrogen (secondary N) is 1. The Morgan fingerprint density at radius 2 is 1.48 bits per heavy atom. The zero-order valence-corrected chi connectivity index (χ0v) is 37.4. The Kier molecular flexibility index (Phi) is 13.3. The van der Waals surface area contributed by atoms with Crippen molar-refractivity contribution in [3.63, 3.8) is 0 Å². The minimum atomic E-state index is -2.40.